The molecule has 126 valence electrons. The fourth-order valence-electron chi connectivity index (χ4n) is 2.04. The van der Waals surface area contributed by atoms with Gasteiger partial charge in [0.25, 0.3) is 0 Å². The van der Waals surface area contributed by atoms with Crippen LogP contribution in [0.3, 0.4) is 0 Å². The monoisotopic (exact) mass is 323 g/mol. The van der Waals surface area contributed by atoms with Crippen LogP contribution in [-0.2, 0) is 36.7 Å². The van der Waals surface area contributed by atoms with E-state index in [-0.39, 0.29) is 18.8 Å². The minimum atomic E-state index is -0.784. The van der Waals surface area contributed by atoms with Gasteiger partial charge in [-0.2, -0.15) is 0 Å². The Morgan fingerprint density at radius 3 is 2.43 bits per heavy atom. The molecule has 0 aromatic heterocycles. The van der Waals surface area contributed by atoms with Crippen LogP contribution >= 0.6 is 0 Å². The topological polar surface area (TPSA) is 105 Å². The Morgan fingerprint density at radius 1 is 1.17 bits per heavy atom. The molecule has 1 aromatic rings. The SMILES string of the molecule is COC(=O)CCc1cc(C[C@H](N)C(=O)OC)ccc1OC(C)=O. The van der Waals surface area contributed by atoms with E-state index in [1.54, 1.807) is 18.2 Å². The van der Waals surface area contributed by atoms with Gasteiger partial charge in [0.1, 0.15) is 11.8 Å². The predicted molar refractivity (Wildman–Crippen MR) is 81.8 cm³/mol. The van der Waals surface area contributed by atoms with Crippen molar-refractivity contribution in [3.63, 3.8) is 0 Å². The van der Waals surface area contributed by atoms with E-state index < -0.39 is 18.0 Å². The van der Waals surface area contributed by atoms with Crippen LogP contribution in [-0.4, -0.2) is 38.2 Å². The van der Waals surface area contributed by atoms with Gasteiger partial charge in [-0.1, -0.05) is 12.1 Å². The molecule has 0 amide bonds. The number of hydrogen-bond acceptors (Lipinski definition) is 7. The van der Waals surface area contributed by atoms with E-state index in [0.29, 0.717) is 17.7 Å². The Balaban J connectivity index is 2.95. The molecule has 0 aliphatic heterocycles. The van der Waals surface area contributed by atoms with Gasteiger partial charge >= 0.3 is 17.9 Å². The molecular weight excluding hydrogens is 302 g/mol. The Morgan fingerprint density at radius 2 is 1.87 bits per heavy atom. The van der Waals surface area contributed by atoms with Crippen molar-refractivity contribution in [2.75, 3.05) is 14.2 Å². The Labute approximate surface area is 134 Å². The molecule has 1 aromatic carbocycles. The van der Waals surface area contributed by atoms with Crippen molar-refractivity contribution in [3.8, 4) is 5.75 Å². The number of methoxy groups -OCH3 is 2. The van der Waals surface area contributed by atoms with Crippen molar-refractivity contribution in [1.82, 2.24) is 0 Å². The quantitative estimate of drug-likeness (QED) is 0.583. The lowest BCUT2D eigenvalue weighted by Gasteiger charge is -2.13. The van der Waals surface area contributed by atoms with Crippen molar-refractivity contribution in [3.05, 3.63) is 29.3 Å². The summed E-state index contributed by atoms with van der Waals surface area (Å²) >= 11 is 0. The largest absolute Gasteiger partial charge is 0.469 e. The second-order valence-corrected chi connectivity index (χ2v) is 4.95. The maximum atomic E-state index is 11.4. The van der Waals surface area contributed by atoms with Crippen LogP contribution in [0, 0.1) is 0 Å². The third-order valence-corrected chi connectivity index (χ3v) is 3.16. The van der Waals surface area contributed by atoms with Crippen LogP contribution in [0.25, 0.3) is 0 Å². The van der Waals surface area contributed by atoms with Crippen LogP contribution < -0.4 is 10.5 Å². The fourth-order valence-corrected chi connectivity index (χ4v) is 2.04. The summed E-state index contributed by atoms with van der Waals surface area (Å²) in [7, 11) is 2.58. The zero-order chi connectivity index (χ0) is 17.4. The molecular formula is C16H21NO6. The summed E-state index contributed by atoms with van der Waals surface area (Å²) in [5.41, 5.74) is 7.18. The first kappa shape index (κ1) is 18.6. The average molecular weight is 323 g/mol. The van der Waals surface area contributed by atoms with Crippen LogP contribution in [0.2, 0.25) is 0 Å². The lowest BCUT2D eigenvalue weighted by Crippen LogP contribution is -2.33. The van der Waals surface area contributed by atoms with E-state index in [4.69, 9.17) is 10.5 Å². The average Bonchev–Trinajstić information content (AvgIpc) is 2.52. The number of rotatable bonds is 7. The minimum Gasteiger partial charge on any atom is -0.469 e. The highest BCUT2D eigenvalue weighted by Crippen LogP contribution is 2.23. The van der Waals surface area contributed by atoms with Gasteiger partial charge in [-0.05, 0) is 30.0 Å². The number of esters is 3. The lowest BCUT2D eigenvalue weighted by atomic mass is 10.0. The molecule has 0 bridgehead atoms. The summed E-state index contributed by atoms with van der Waals surface area (Å²) in [5.74, 6) is -0.958. The number of benzene rings is 1. The molecule has 0 unspecified atom stereocenters. The number of carbonyl (C=O) groups excluding carboxylic acids is 3. The first-order valence-electron chi connectivity index (χ1n) is 7.07. The van der Waals surface area contributed by atoms with Crippen molar-refractivity contribution in [1.29, 1.82) is 0 Å². The summed E-state index contributed by atoms with van der Waals surface area (Å²) in [6.45, 7) is 1.30. The van der Waals surface area contributed by atoms with E-state index in [2.05, 4.69) is 9.47 Å². The van der Waals surface area contributed by atoms with Crippen molar-refractivity contribution in [2.45, 2.75) is 32.2 Å². The summed E-state index contributed by atoms with van der Waals surface area (Å²) in [6, 6.07) is 4.30. The molecule has 1 rings (SSSR count). The molecule has 7 nitrogen and oxygen atoms in total. The highest BCUT2D eigenvalue weighted by atomic mass is 16.5. The van der Waals surface area contributed by atoms with Crippen LogP contribution in [0.5, 0.6) is 5.75 Å². The van der Waals surface area contributed by atoms with Gasteiger partial charge < -0.3 is 19.9 Å². The maximum Gasteiger partial charge on any atom is 0.322 e. The number of ether oxygens (including phenoxy) is 3. The van der Waals surface area contributed by atoms with E-state index in [1.807, 2.05) is 0 Å². The zero-order valence-corrected chi connectivity index (χ0v) is 13.5. The van der Waals surface area contributed by atoms with Crippen LogP contribution in [0.4, 0.5) is 0 Å². The molecule has 0 saturated heterocycles. The highest BCUT2D eigenvalue weighted by molar-refractivity contribution is 5.76. The summed E-state index contributed by atoms with van der Waals surface area (Å²) in [6.07, 6.45) is 0.770. The molecule has 0 spiro atoms. The van der Waals surface area contributed by atoms with Crippen LogP contribution in [0.1, 0.15) is 24.5 Å². The Bertz CT molecular complexity index is 584. The zero-order valence-electron chi connectivity index (χ0n) is 13.5. The summed E-state index contributed by atoms with van der Waals surface area (Å²) < 4.78 is 14.3. The van der Waals surface area contributed by atoms with Crippen molar-refractivity contribution >= 4 is 17.9 Å². The molecule has 0 saturated carbocycles. The molecule has 0 fully saturated rings. The molecule has 0 heterocycles. The molecule has 0 aliphatic carbocycles. The highest BCUT2D eigenvalue weighted by Gasteiger charge is 2.16. The van der Waals surface area contributed by atoms with Gasteiger partial charge in [0.15, 0.2) is 0 Å². The number of hydrogen-bond donors (Lipinski definition) is 1. The van der Waals surface area contributed by atoms with Crippen LogP contribution in [0.15, 0.2) is 18.2 Å². The first-order valence-corrected chi connectivity index (χ1v) is 7.07. The van der Waals surface area contributed by atoms with E-state index in [0.717, 1.165) is 5.56 Å². The second kappa shape index (κ2) is 8.89. The fraction of sp³-hybridized carbons (Fsp3) is 0.438. The van der Waals surface area contributed by atoms with E-state index in [1.165, 1.54) is 21.1 Å². The van der Waals surface area contributed by atoms with Gasteiger partial charge in [0.05, 0.1) is 14.2 Å². The van der Waals surface area contributed by atoms with Gasteiger partial charge in [-0.25, -0.2) is 0 Å². The Kier molecular flexibility index (Phi) is 7.21. The van der Waals surface area contributed by atoms with Crippen molar-refractivity contribution < 1.29 is 28.6 Å². The third-order valence-electron chi connectivity index (χ3n) is 3.16. The van der Waals surface area contributed by atoms with Crippen molar-refractivity contribution in [2.24, 2.45) is 5.73 Å². The van der Waals surface area contributed by atoms with Gasteiger partial charge in [-0.3, -0.25) is 14.4 Å². The predicted octanol–water partition coefficient (Wildman–Crippen LogP) is 0.760. The maximum absolute atomic E-state index is 11.4. The first-order chi connectivity index (χ1) is 10.9. The molecule has 0 aliphatic rings. The second-order valence-electron chi connectivity index (χ2n) is 4.95. The minimum absolute atomic E-state index is 0.150. The molecule has 1 atom stereocenters. The van der Waals surface area contributed by atoms with Gasteiger partial charge in [-0.15, -0.1) is 0 Å². The number of carbonyl (C=O) groups is 3. The van der Waals surface area contributed by atoms with Gasteiger partial charge in [0.2, 0.25) is 0 Å². The third kappa shape index (κ3) is 6.07. The number of aryl methyl sites for hydroxylation is 1. The lowest BCUT2D eigenvalue weighted by molar-refractivity contribution is -0.142. The molecule has 0 radical (unpaired) electrons. The normalized spacial score (nSPS) is 11.5. The van der Waals surface area contributed by atoms with Gasteiger partial charge in [0, 0.05) is 13.3 Å². The summed E-state index contributed by atoms with van der Waals surface area (Å²) in [5, 5.41) is 0. The standard InChI is InChI=1S/C16H21NO6/c1-10(18)23-14-6-4-11(9-13(17)16(20)22-3)8-12(14)5-7-15(19)21-2/h4,6,8,13H,5,7,9,17H2,1-3H3/t13-/m0/s1. The smallest absolute Gasteiger partial charge is 0.322 e. The number of nitrogens with two attached hydrogens (primary N) is 1. The Hall–Kier alpha value is -2.41. The molecule has 7 heteroatoms. The molecule has 23 heavy (non-hydrogen) atoms. The summed E-state index contributed by atoms with van der Waals surface area (Å²) in [4.78, 5) is 33.8. The molecule has 2 N–H and O–H groups in total. The van der Waals surface area contributed by atoms with E-state index in [9.17, 15) is 14.4 Å². The van der Waals surface area contributed by atoms with E-state index >= 15 is 0 Å².